The third-order valence-corrected chi connectivity index (χ3v) is 4.21. The Morgan fingerprint density at radius 2 is 1.88 bits per heavy atom. The predicted octanol–water partition coefficient (Wildman–Crippen LogP) is 2.87. The maximum absolute atomic E-state index is 12.4. The van der Waals surface area contributed by atoms with Gasteiger partial charge >= 0.3 is 0 Å². The summed E-state index contributed by atoms with van der Waals surface area (Å²) in [6.07, 6.45) is 1.16. The molecule has 0 spiro atoms. The van der Waals surface area contributed by atoms with Crippen molar-refractivity contribution in [3.05, 3.63) is 76.3 Å². The number of nitrogens with zero attached hydrogens (tertiary/aromatic N) is 1. The van der Waals surface area contributed by atoms with Crippen LogP contribution in [-0.4, -0.2) is 22.7 Å². The van der Waals surface area contributed by atoms with Crippen LogP contribution in [-0.2, 0) is 11.3 Å². The first kappa shape index (κ1) is 16.9. The first-order valence-electron chi connectivity index (χ1n) is 7.42. The van der Waals surface area contributed by atoms with Gasteiger partial charge in [0.05, 0.1) is 6.54 Å². The molecule has 0 aromatic heterocycles. The number of fused-ring (bicyclic) bond motifs is 1. The van der Waals surface area contributed by atoms with E-state index in [2.05, 4.69) is 33.3 Å². The molecule has 0 radical (unpaired) electrons. The third kappa shape index (κ3) is 3.61. The fourth-order valence-corrected chi connectivity index (χ4v) is 2.81. The average molecular weight is 400 g/mol. The summed E-state index contributed by atoms with van der Waals surface area (Å²) in [5, 5.41) is 3.88. The molecular formula is C18H14BrN3O3. The van der Waals surface area contributed by atoms with Gasteiger partial charge in [-0.05, 0) is 48.0 Å². The molecule has 3 amide bonds. The Kier molecular flexibility index (Phi) is 4.67. The third-order valence-electron chi connectivity index (χ3n) is 3.71. The molecule has 126 valence electrons. The van der Waals surface area contributed by atoms with Gasteiger partial charge in [0.25, 0.3) is 11.8 Å². The number of hydrogen-bond acceptors (Lipinski definition) is 3. The largest absolute Gasteiger partial charge is 0.323 e. The van der Waals surface area contributed by atoms with Gasteiger partial charge in [-0.2, -0.15) is 0 Å². The molecule has 0 saturated heterocycles. The van der Waals surface area contributed by atoms with Gasteiger partial charge in [0.2, 0.25) is 5.91 Å². The minimum Gasteiger partial charge on any atom is -0.323 e. The van der Waals surface area contributed by atoms with Crippen LogP contribution in [0.25, 0.3) is 0 Å². The van der Waals surface area contributed by atoms with Crippen LogP contribution >= 0.6 is 15.9 Å². The molecule has 25 heavy (non-hydrogen) atoms. The molecule has 0 saturated carbocycles. The van der Waals surface area contributed by atoms with Crippen LogP contribution in [0.15, 0.2) is 59.6 Å². The van der Waals surface area contributed by atoms with E-state index in [4.69, 9.17) is 0 Å². The molecule has 7 heteroatoms. The number of hydrazine groups is 1. The molecule has 6 nitrogen and oxygen atoms in total. The molecule has 0 fully saturated rings. The van der Waals surface area contributed by atoms with Crippen molar-refractivity contribution in [2.75, 3.05) is 5.32 Å². The van der Waals surface area contributed by atoms with Crippen molar-refractivity contribution in [2.24, 2.45) is 0 Å². The Morgan fingerprint density at radius 1 is 1.16 bits per heavy atom. The topological polar surface area (TPSA) is 78.5 Å². The number of rotatable bonds is 4. The van der Waals surface area contributed by atoms with Gasteiger partial charge in [-0.3, -0.25) is 19.8 Å². The van der Waals surface area contributed by atoms with Crippen molar-refractivity contribution in [1.29, 1.82) is 0 Å². The lowest BCUT2D eigenvalue weighted by Gasteiger charge is -2.17. The first-order valence-corrected chi connectivity index (χ1v) is 8.22. The maximum atomic E-state index is 12.4. The van der Waals surface area contributed by atoms with E-state index >= 15 is 0 Å². The van der Waals surface area contributed by atoms with Crippen molar-refractivity contribution in [3.8, 4) is 0 Å². The number of hydrogen-bond donors (Lipinski definition) is 2. The molecule has 1 heterocycles. The number of carbonyl (C=O) groups excluding carboxylic acids is 3. The van der Waals surface area contributed by atoms with E-state index in [9.17, 15) is 14.4 Å². The van der Waals surface area contributed by atoms with Crippen molar-refractivity contribution in [2.45, 2.75) is 6.54 Å². The highest BCUT2D eigenvalue weighted by molar-refractivity contribution is 9.10. The number of halogens is 1. The van der Waals surface area contributed by atoms with Gasteiger partial charge in [0.15, 0.2) is 0 Å². The zero-order valence-electron chi connectivity index (χ0n) is 13.1. The normalized spacial score (nSPS) is 12.5. The molecule has 0 aliphatic carbocycles. The monoisotopic (exact) mass is 399 g/mol. The molecule has 2 aromatic carbocycles. The summed E-state index contributed by atoms with van der Waals surface area (Å²) in [5.74, 6) is -0.981. The Labute approximate surface area is 152 Å². The van der Waals surface area contributed by atoms with Crippen LogP contribution in [0.1, 0.15) is 26.3 Å². The average Bonchev–Trinajstić information content (AvgIpc) is 2.91. The second-order valence-corrected chi connectivity index (χ2v) is 6.32. The number of anilines is 1. The van der Waals surface area contributed by atoms with E-state index in [1.165, 1.54) is 5.01 Å². The SMILES string of the molecule is C=CC(=O)Nc1ccc(C(=O)NN2Cc3ccc(Br)cc3C2=O)cc1. The molecule has 1 aliphatic heterocycles. The van der Waals surface area contributed by atoms with Gasteiger partial charge in [0, 0.05) is 21.3 Å². The fourth-order valence-electron chi connectivity index (χ4n) is 2.45. The number of benzene rings is 2. The van der Waals surface area contributed by atoms with Gasteiger partial charge in [0.1, 0.15) is 0 Å². The van der Waals surface area contributed by atoms with Crippen molar-refractivity contribution < 1.29 is 14.4 Å². The Hall–Kier alpha value is -2.93. The van der Waals surface area contributed by atoms with Gasteiger partial charge in [-0.1, -0.05) is 28.6 Å². The summed E-state index contributed by atoms with van der Waals surface area (Å²) < 4.78 is 0.810. The van der Waals surface area contributed by atoms with Crippen molar-refractivity contribution in [1.82, 2.24) is 10.4 Å². The summed E-state index contributed by atoms with van der Waals surface area (Å²) in [7, 11) is 0. The number of nitrogens with one attached hydrogen (secondary N) is 2. The second-order valence-electron chi connectivity index (χ2n) is 5.40. The van der Waals surface area contributed by atoms with Gasteiger partial charge < -0.3 is 5.32 Å². The summed E-state index contributed by atoms with van der Waals surface area (Å²) in [4.78, 5) is 35.9. The van der Waals surface area contributed by atoms with Crippen LogP contribution in [0.2, 0.25) is 0 Å². The van der Waals surface area contributed by atoms with Crippen molar-refractivity contribution >= 4 is 39.3 Å². The summed E-state index contributed by atoms with van der Waals surface area (Å²) in [5.41, 5.74) is 4.96. The van der Waals surface area contributed by atoms with E-state index < -0.39 is 5.91 Å². The lowest BCUT2D eigenvalue weighted by atomic mass is 10.1. The summed E-state index contributed by atoms with van der Waals surface area (Å²) in [6.45, 7) is 3.69. The smallest absolute Gasteiger partial charge is 0.272 e. The van der Waals surface area contributed by atoms with E-state index in [0.717, 1.165) is 16.1 Å². The van der Waals surface area contributed by atoms with E-state index in [0.29, 0.717) is 23.4 Å². The van der Waals surface area contributed by atoms with Crippen LogP contribution < -0.4 is 10.7 Å². The zero-order chi connectivity index (χ0) is 18.0. The second kappa shape index (κ2) is 6.90. The number of carbonyl (C=O) groups is 3. The Balaban J connectivity index is 1.68. The zero-order valence-corrected chi connectivity index (χ0v) is 14.7. The predicted molar refractivity (Wildman–Crippen MR) is 96.8 cm³/mol. The van der Waals surface area contributed by atoms with Crippen LogP contribution in [0, 0.1) is 0 Å². The first-order chi connectivity index (χ1) is 12.0. The molecular weight excluding hydrogens is 386 g/mol. The number of amides is 3. The van der Waals surface area contributed by atoms with E-state index in [-0.39, 0.29) is 11.8 Å². The molecule has 3 rings (SSSR count). The highest BCUT2D eigenvalue weighted by atomic mass is 79.9. The lowest BCUT2D eigenvalue weighted by molar-refractivity contribution is -0.111. The molecule has 0 unspecified atom stereocenters. The Morgan fingerprint density at radius 3 is 2.56 bits per heavy atom. The summed E-state index contributed by atoms with van der Waals surface area (Å²) >= 11 is 3.33. The Bertz CT molecular complexity index is 878. The molecule has 0 atom stereocenters. The van der Waals surface area contributed by atoms with E-state index in [1.807, 2.05) is 12.1 Å². The van der Waals surface area contributed by atoms with Gasteiger partial charge in [-0.25, -0.2) is 5.01 Å². The molecule has 0 bridgehead atoms. The minimum absolute atomic E-state index is 0.250. The van der Waals surface area contributed by atoms with E-state index in [1.54, 1.807) is 30.3 Å². The fraction of sp³-hybridized carbons (Fsp3) is 0.0556. The van der Waals surface area contributed by atoms with Crippen LogP contribution in [0.3, 0.4) is 0 Å². The molecule has 2 aromatic rings. The lowest BCUT2D eigenvalue weighted by Crippen LogP contribution is -2.42. The summed E-state index contributed by atoms with van der Waals surface area (Å²) in [6, 6.07) is 11.8. The van der Waals surface area contributed by atoms with Crippen molar-refractivity contribution in [3.63, 3.8) is 0 Å². The molecule has 1 aliphatic rings. The minimum atomic E-state index is -0.401. The van der Waals surface area contributed by atoms with Gasteiger partial charge in [-0.15, -0.1) is 0 Å². The highest BCUT2D eigenvalue weighted by Crippen LogP contribution is 2.25. The quantitative estimate of drug-likeness (QED) is 0.775. The maximum Gasteiger partial charge on any atom is 0.272 e. The molecule has 2 N–H and O–H groups in total. The van der Waals surface area contributed by atoms with Crippen LogP contribution in [0.5, 0.6) is 0 Å². The highest BCUT2D eigenvalue weighted by Gasteiger charge is 2.29. The standard InChI is InChI=1S/C18H14BrN3O3/c1-2-16(23)20-14-7-4-11(5-8-14)17(24)21-22-10-12-3-6-13(19)9-15(12)18(22)25/h2-9H,1,10H2,(H,20,23)(H,21,24). The van der Waals surface area contributed by atoms with Crippen LogP contribution in [0.4, 0.5) is 5.69 Å².